The number of likely N-dealkylation sites (tertiary alicyclic amines) is 1. The Kier molecular flexibility index (Phi) is 11.4. The van der Waals surface area contributed by atoms with Gasteiger partial charge in [0.15, 0.2) is 5.96 Å². The van der Waals surface area contributed by atoms with Crippen molar-refractivity contribution < 1.29 is 14.3 Å². The molecule has 0 spiro atoms. The number of unbranched alkanes of at least 4 members (excludes halogenated alkanes) is 3. The van der Waals surface area contributed by atoms with E-state index in [9.17, 15) is 4.79 Å². The lowest BCUT2D eigenvalue weighted by atomic mass is 10.1. The molecule has 0 aromatic rings. The van der Waals surface area contributed by atoms with E-state index in [0.29, 0.717) is 12.3 Å². The van der Waals surface area contributed by atoms with E-state index in [1.54, 1.807) is 0 Å². The molecule has 1 fully saturated rings. The third-order valence-corrected chi connectivity index (χ3v) is 4.45. The standard InChI is InChI=1S/C21H41N3O3/c1-6-22-20(24-15-13-18(16-24)17-26-7-2)23-14-11-9-8-10-12-19(25)27-21(3,4)5/h18H,6-17H2,1-5H3,(H,22,23). The van der Waals surface area contributed by atoms with E-state index in [4.69, 9.17) is 14.5 Å². The first-order valence-electron chi connectivity index (χ1n) is 10.7. The Balaban J connectivity index is 2.21. The maximum Gasteiger partial charge on any atom is 0.306 e. The van der Waals surface area contributed by atoms with Crippen LogP contribution in [-0.4, -0.2) is 61.8 Å². The molecule has 0 aliphatic carbocycles. The summed E-state index contributed by atoms with van der Waals surface area (Å²) in [4.78, 5) is 18.8. The van der Waals surface area contributed by atoms with E-state index >= 15 is 0 Å². The average molecular weight is 384 g/mol. The number of nitrogens with zero attached hydrogens (tertiary/aromatic N) is 2. The van der Waals surface area contributed by atoms with Crippen LogP contribution < -0.4 is 5.32 Å². The van der Waals surface area contributed by atoms with Crippen molar-refractivity contribution in [3.63, 3.8) is 0 Å². The van der Waals surface area contributed by atoms with Crippen molar-refractivity contribution in [1.29, 1.82) is 0 Å². The van der Waals surface area contributed by atoms with Crippen LogP contribution in [0.5, 0.6) is 0 Å². The zero-order valence-electron chi connectivity index (χ0n) is 18.2. The first-order valence-corrected chi connectivity index (χ1v) is 10.7. The number of carbonyl (C=O) groups excluding carboxylic acids is 1. The fourth-order valence-corrected chi connectivity index (χ4v) is 3.18. The number of hydrogen-bond donors (Lipinski definition) is 1. The maximum absolute atomic E-state index is 11.7. The highest BCUT2D eigenvalue weighted by molar-refractivity contribution is 5.80. The van der Waals surface area contributed by atoms with Crippen molar-refractivity contribution >= 4 is 11.9 Å². The Labute approximate surface area is 166 Å². The van der Waals surface area contributed by atoms with Crippen molar-refractivity contribution in [2.24, 2.45) is 10.9 Å². The van der Waals surface area contributed by atoms with Gasteiger partial charge < -0.3 is 19.7 Å². The van der Waals surface area contributed by atoms with Gasteiger partial charge in [-0.05, 0) is 53.9 Å². The molecule has 0 amide bonds. The second-order valence-electron chi connectivity index (χ2n) is 8.25. The van der Waals surface area contributed by atoms with Gasteiger partial charge in [-0.1, -0.05) is 12.8 Å². The lowest BCUT2D eigenvalue weighted by molar-refractivity contribution is -0.154. The molecule has 0 saturated carbocycles. The fourth-order valence-electron chi connectivity index (χ4n) is 3.18. The number of carbonyl (C=O) groups is 1. The smallest absolute Gasteiger partial charge is 0.306 e. The summed E-state index contributed by atoms with van der Waals surface area (Å²) in [5.41, 5.74) is -0.383. The molecule has 6 heteroatoms. The van der Waals surface area contributed by atoms with Crippen molar-refractivity contribution in [1.82, 2.24) is 10.2 Å². The lowest BCUT2D eigenvalue weighted by Gasteiger charge is -2.21. The normalized spacial score (nSPS) is 18.0. The SMILES string of the molecule is CCNC(=NCCCCCCC(=O)OC(C)(C)C)N1CCC(COCC)C1. The first kappa shape index (κ1) is 23.7. The largest absolute Gasteiger partial charge is 0.460 e. The molecule has 1 N–H and O–H groups in total. The second kappa shape index (κ2) is 13.0. The molecule has 1 aliphatic rings. The van der Waals surface area contributed by atoms with Gasteiger partial charge >= 0.3 is 5.97 Å². The molecule has 1 atom stereocenters. The minimum atomic E-state index is -0.383. The number of aliphatic imine (C=N–C) groups is 1. The Morgan fingerprint density at radius 3 is 2.59 bits per heavy atom. The molecule has 1 rings (SSSR count). The summed E-state index contributed by atoms with van der Waals surface area (Å²) < 4.78 is 10.9. The van der Waals surface area contributed by atoms with Gasteiger partial charge in [0.25, 0.3) is 0 Å². The Morgan fingerprint density at radius 2 is 1.93 bits per heavy atom. The third kappa shape index (κ3) is 11.2. The van der Waals surface area contributed by atoms with Crippen LogP contribution in [0, 0.1) is 5.92 Å². The summed E-state index contributed by atoms with van der Waals surface area (Å²) in [5.74, 6) is 1.55. The minimum Gasteiger partial charge on any atom is -0.460 e. The molecule has 0 bridgehead atoms. The minimum absolute atomic E-state index is 0.0920. The zero-order chi connectivity index (χ0) is 20.1. The molecular weight excluding hydrogens is 342 g/mol. The van der Waals surface area contributed by atoms with E-state index in [-0.39, 0.29) is 11.6 Å². The summed E-state index contributed by atoms with van der Waals surface area (Å²) in [6, 6.07) is 0. The van der Waals surface area contributed by atoms with Crippen molar-refractivity contribution in [3.05, 3.63) is 0 Å². The highest BCUT2D eigenvalue weighted by Crippen LogP contribution is 2.17. The lowest BCUT2D eigenvalue weighted by Crippen LogP contribution is -2.40. The second-order valence-corrected chi connectivity index (χ2v) is 8.25. The van der Waals surface area contributed by atoms with Crippen LogP contribution in [0.15, 0.2) is 4.99 Å². The van der Waals surface area contributed by atoms with Gasteiger partial charge in [0.1, 0.15) is 5.60 Å². The van der Waals surface area contributed by atoms with Crippen LogP contribution in [0.3, 0.4) is 0 Å². The summed E-state index contributed by atoms with van der Waals surface area (Å²) in [6.45, 7) is 15.3. The van der Waals surface area contributed by atoms with E-state index in [1.807, 2.05) is 27.7 Å². The van der Waals surface area contributed by atoms with Gasteiger partial charge in [-0.2, -0.15) is 0 Å². The molecule has 1 aliphatic heterocycles. The van der Waals surface area contributed by atoms with Crippen LogP contribution in [0.4, 0.5) is 0 Å². The van der Waals surface area contributed by atoms with Crippen molar-refractivity contribution in [2.45, 2.75) is 78.7 Å². The topological polar surface area (TPSA) is 63.2 Å². The van der Waals surface area contributed by atoms with Gasteiger partial charge in [0, 0.05) is 45.1 Å². The number of ether oxygens (including phenoxy) is 2. The molecule has 6 nitrogen and oxygen atoms in total. The van der Waals surface area contributed by atoms with Crippen LogP contribution in [-0.2, 0) is 14.3 Å². The molecule has 158 valence electrons. The number of esters is 1. The fraction of sp³-hybridized carbons (Fsp3) is 0.905. The summed E-state index contributed by atoms with van der Waals surface area (Å²) in [7, 11) is 0. The Morgan fingerprint density at radius 1 is 1.19 bits per heavy atom. The van der Waals surface area contributed by atoms with Gasteiger partial charge in [-0.25, -0.2) is 0 Å². The van der Waals surface area contributed by atoms with E-state index in [2.05, 4.69) is 17.1 Å². The first-order chi connectivity index (χ1) is 12.9. The van der Waals surface area contributed by atoms with Crippen LogP contribution >= 0.6 is 0 Å². The molecule has 0 aromatic heterocycles. The third-order valence-electron chi connectivity index (χ3n) is 4.45. The molecular formula is C21H41N3O3. The summed E-state index contributed by atoms with van der Waals surface area (Å²) in [6.07, 6.45) is 5.78. The summed E-state index contributed by atoms with van der Waals surface area (Å²) in [5, 5.41) is 3.41. The summed E-state index contributed by atoms with van der Waals surface area (Å²) >= 11 is 0. The highest BCUT2D eigenvalue weighted by Gasteiger charge is 2.24. The Bertz CT molecular complexity index is 446. The molecule has 1 saturated heterocycles. The van der Waals surface area contributed by atoms with Crippen LogP contribution in [0.2, 0.25) is 0 Å². The van der Waals surface area contributed by atoms with E-state index < -0.39 is 0 Å². The molecule has 0 aromatic carbocycles. The van der Waals surface area contributed by atoms with Crippen molar-refractivity contribution in [2.75, 3.05) is 39.4 Å². The quantitative estimate of drug-likeness (QED) is 0.256. The number of rotatable bonds is 11. The monoisotopic (exact) mass is 383 g/mol. The van der Waals surface area contributed by atoms with Crippen LogP contribution in [0.25, 0.3) is 0 Å². The predicted molar refractivity (Wildman–Crippen MR) is 111 cm³/mol. The number of hydrogen-bond acceptors (Lipinski definition) is 4. The number of guanidine groups is 1. The van der Waals surface area contributed by atoms with E-state index in [1.165, 1.54) is 6.42 Å². The molecule has 1 unspecified atom stereocenters. The Hall–Kier alpha value is -1.30. The molecule has 27 heavy (non-hydrogen) atoms. The van der Waals surface area contributed by atoms with Gasteiger partial charge in [-0.3, -0.25) is 9.79 Å². The predicted octanol–water partition coefficient (Wildman–Crippen LogP) is 3.60. The number of nitrogens with one attached hydrogen (secondary N) is 1. The average Bonchev–Trinajstić information content (AvgIpc) is 3.05. The van der Waals surface area contributed by atoms with Crippen LogP contribution in [0.1, 0.15) is 73.1 Å². The molecule has 0 radical (unpaired) electrons. The molecule has 1 heterocycles. The maximum atomic E-state index is 11.7. The van der Waals surface area contributed by atoms with Crippen molar-refractivity contribution in [3.8, 4) is 0 Å². The van der Waals surface area contributed by atoms with Gasteiger partial charge in [0.2, 0.25) is 0 Å². The van der Waals surface area contributed by atoms with Gasteiger partial charge in [-0.15, -0.1) is 0 Å². The van der Waals surface area contributed by atoms with E-state index in [0.717, 1.165) is 71.0 Å². The highest BCUT2D eigenvalue weighted by atomic mass is 16.6. The van der Waals surface area contributed by atoms with Gasteiger partial charge in [0.05, 0.1) is 6.61 Å². The zero-order valence-corrected chi connectivity index (χ0v) is 18.2.